The molecule has 0 aliphatic carbocycles. The van der Waals surface area contributed by atoms with E-state index in [4.69, 9.17) is 0 Å². The molecule has 0 fully saturated rings. The number of nitrogens with zero attached hydrogens (tertiary/aromatic N) is 3. The molecule has 18 heavy (non-hydrogen) atoms. The first-order chi connectivity index (χ1) is 8.49. The highest BCUT2D eigenvalue weighted by Gasteiger charge is 2.21. The molecule has 0 heterocycles. The lowest BCUT2D eigenvalue weighted by atomic mass is 10.3. The molecule has 0 saturated heterocycles. The summed E-state index contributed by atoms with van der Waals surface area (Å²) in [5.41, 5.74) is -0.508. The molecule has 98 valence electrons. The number of rotatable bonds is 6. The van der Waals surface area contributed by atoms with Crippen LogP contribution in [0.5, 0.6) is 0 Å². The number of hydrogen-bond acceptors (Lipinski definition) is 6. The molecule has 0 aromatic heterocycles. The average molecular weight is 271 g/mol. The lowest BCUT2D eigenvalue weighted by Crippen LogP contribution is -2.14. The van der Waals surface area contributed by atoms with E-state index in [1.165, 1.54) is 24.1 Å². The van der Waals surface area contributed by atoms with Crippen molar-refractivity contribution in [2.45, 2.75) is 18.7 Å². The first kappa shape index (κ1) is 14.4. The molecule has 0 bridgehead atoms. The number of non-ortho nitro benzene ring substituents is 1. The topological polar surface area (TPSA) is 89.5 Å². The maximum Gasteiger partial charge on any atom is 0.291 e. The quantitative estimate of drug-likeness (QED) is 0.449. The zero-order chi connectivity index (χ0) is 13.7. The minimum atomic E-state index is -0.640. The van der Waals surface area contributed by atoms with Gasteiger partial charge in [-0.25, -0.2) is 4.31 Å². The minimum absolute atomic E-state index is 0.235. The largest absolute Gasteiger partial charge is 0.291 e. The Morgan fingerprint density at radius 2 is 1.78 bits per heavy atom. The van der Waals surface area contributed by atoms with E-state index in [1.807, 2.05) is 18.2 Å². The Balaban J connectivity index is 3.11. The zero-order valence-electron chi connectivity index (χ0n) is 10.0. The van der Waals surface area contributed by atoms with Crippen LogP contribution in [0, 0.1) is 20.2 Å². The Labute approximate surface area is 108 Å². The van der Waals surface area contributed by atoms with Gasteiger partial charge in [0, 0.05) is 19.2 Å². The van der Waals surface area contributed by atoms with Crippen LogP contribution >= 0.6 is 11.9 Å². The SMILES string of the molecule is CCN(CC)Sc1ccc([N+](=O)[O-])cc1[N+](=O)[O-]. The Hall–Kier alpha value is -1.67. The van der Waals surface area contributed by atoms with Crippen LogP contribution in [0.1, 0.15) is 13.8 Å². The van der Waals surface area contributed by atoms with Crippen LogP contribution in [0.3, 0.4) is 0 Å². The van der Waals surface area contributed by atoms with Crippen LogP contribution in [-0.2, 0) is 0 Å². The third kappa shape index (κ3) is 3.41. The summed E-state index contributed by atoms with van der Waals surface area (Å²) in [5, 5.41) is 21.5. The van der Waals surface area contributed by atoms with Crippen molar-refractivity contribution in [2.24, 2.45) is 0 Å². The van der Waals surface area contributed by atoms with E-state index in [0.29, 0.717) is 4.90 Å². The van der Waals surface area contributed by atoms with Gasteiger partial charge in [-0.1, -0.05) is 13.8 Å². The molecule has 0 aliphatic heterocycles. The summed E-state index contributed by atoms with van der Waals surface area (Å²) >= 11 is 1.23. The zero-order valence-corrected chi connectivity index (χ0v) is 10.8. The lowest BCUT2D eigenvalue weighted by molar-refractivity contribution is -0.396. The van der Waals surface area contributed by atoms with E-state index < -0.39 is 9.85 Å². The van der Waals surface area contributed by atoms with Gasteiger partial charge in [-0.15, -0.1) is 0 Å². The number of nitro groups is 2. The summed E-state index contributed by atoms with van der Waals surface area (Å²) in [7, 11) is 0. The normalized spacial score (nSPS) is 10.6. The number of nitro benzene ring substituents is 2. The van der Waals surface area contributed by atoms with Crippen molar-refractivity contribution >= 4 is 23.3 Å². The van der Waals surface area contributed by atoms with Crippen LogP contribution < -0.4 is 0 Å². The van der Waals surface area contributed by atoms with E-state index in [0.717, 1.165) is 19.2 Å². The van der Waals surface area contributed by atoms with E-state index in [9.17, 15) is 20.2 Å². The van der Waals surface area contributed by atoms with Gasteiger partial charge in [-0.05, 0) is 18.0 Å². The second-order valence-corrected chi connectivity index (χ2v) is 4.51. The summed E-state index contributed by atoms with van der Waals surface area (Å²) in [4.78, 5) is 20.7. The van der Waals surface area contributed by atoms with Gasteiger partial charge in [-0.2, -0.15) is 0 Å². The molecule has 0 N–H and O–H groups in total. The number of benzene rings is 1. The average Bonchev–Trinajstić information content (AvgIpc) is 2.35. The predicted octanol–water partition coefficient (Wildman–Crippen LogP) is 2.85. The molecule has 0 unspecified atom stereocenters. The molecule has 0 amide bonds. The van der Waals surface area contributed by atoms with Gasteiger partial charge in [0.05, 0.1) is 15.9 Å². The highest BCUT2D eigenvalue weighted by molar-refractivity contribution is 7.97. The van der Waals surface area contributed by atoms with Gasteiger partial charge in [0.25, 0.3) is 11.4 Å². The molecular weight excluding hydrogens is 258 g/mol. The minimum Gasteiger partial charge on any atom is -0.258 e. The third-order valence-electron chi connectivity index (χ3n) is 2.28. The Bertz CT molecular complexity index is 462. The van der Waals surface area contributed by atoms with E-state index >= 15 is 0 Å². The standard InChI is InChI=1S/C10H13N3O4S/c1-3-11(4-2)18-10-6-5-8(12(14)15)7-9(10)13(16)17/h5-7H,3-4H2,1-2H3. The maximum absolute atomic E-state index is 10.9. The van der Waals surface area contributed by atoms with Crippen molar-refractivity contribution in [2.75, 3.05) is 13.1 Å². The summed E-state index contributed by atoms with van der Waals surface area (Å²) in [6, 6.07) is 3.68. The molecule has 0 saturated carbocycles. The van der Waals surface area contributed by atoms with Crippen LogP contribution in [0.4, 0.5) is 11.4 Å². The van der Waals surface area contributed by atoms with Gasteiger partial charge >= 0.3 is 0 Å². The van der Waals surface area contributed by atoms with Gasteiger partial charge < -0.3 is 0 Å². The lowest BCUT2D eigenvalue weighted by Gasteiger charge is -2.16. The van der Waals surface area contributed by atoms with Gasteiger partial charge in [0.1, 0.15) is 4.90 Å². The van der Waals surface area contributed by atoms with E-state index in [2.05, 4.69) is 0 Å². The Morgan fingerprint density at radius 3 is 2.22 bits per heavy atom. The smallest absolute Gasteiger partial charge is 0.258 e. The fourth-order valence-electron chi connectivity index (χ4n) is 1.33. The second kappa shape index (κ2) is 6.31. The highest BCUT2D eigenvalue weighted by atomic mass is 32.2. The number of hydrogen-bond donors (Lipinski definition) is 0. The molecule has 1 aromatic rings. The van der Waals surface area contributed by atoms with E-state index in [-0.39, 0.29) is 11.4 Å². The van der Waals surface area contributed by atoms with Crippen molar-refractivity contribution < 1.29 is 9.85 Å². The third-order valence-corrected chi connectivity index (χ3v) is 3.60. The van der Waals surface area contributed by atoms with Gasteiger partial charge in [0.15, 0.2) is 0 Å². The molecule has 0 aliphatic rings. The summed E-state index contributed by atoms with van der Waals surface area (Å²) in [6.45, 7) is 5.34. The summed E-state index contributed by atoms with van der Waals surface area (Å²) < 4.78 is 1.92. The van der Waals surface area contributed by atoms with Crippen LogP contribution in [0.15, 0.2) is 23.1 Å². The highest BCUT2D eigenvalue weighted by Crippen LogP contribution is 2.34. The van der Waals surface area contributed by atoms with Crippen molar-refractivity contribution in [3.05, 3.63) is 38.4 Å². The Morgan fingerprint density at radius 1 is 1.17 bits per heavy atom. The molecule has 0 spiro atoms. The first-order valence-corrected chi connectivity index (χ1v) is 6.12. The van der Waals surface area contributed by atoms with Crippen LogP contribution in [0.2, 0.25) is 0 Å². The van der Waals surface area contributed by atoms with Crippen LogP contribution in [0.25, 0.3) is 0 Å². The van der Waals surface area contributed by atoms with Crippen LogP contribution in [-0.4, -0.2) is 27.2 Å². The van der Waals surface area contributed by atoms with Crippen molar-refractivity contribution in [1.82, 2.24) is 4.31 Å². The fourth-order valence-corrected chi connectivity index (χ4v) is 2.22. The Kier molecular flexibility index (Phi) is 5.05. The second-order valence-electron chi connectivity index (χ2n) is 3.37. The summed E-state index contributed by atoms with van der Waals surface area (Å²) in [5.74, 6) is 0. The van der Waals surface area contributed by atoms with E-state index in [1.54, 1.807) is 0 Å². The van der Waals surface area contributed by atoms with Crippen molar-refractivity contribution in [3.63, 3.8) is 0 Å². The fraction of sp³-hybridized carbons (Fsp3) is 0.400. The molecule has 1 aromatic carbocycles. The monoisotopic (exact) mass is 271 g/mol. The van der Waals surface area contributed by atoms with Crippen molar-refractivity contribution in [3.8, 4) is 0 Å². The summed E-state index contributed by atoms with van der Waals surface area (Å²) in [6.07, 6.45) is 0. The molecular formula is C10H13N3O4S. The maximum atomic E-state index is 10.9. The molecule has 0 radical (unpaired) electrons. The molecule has 7 nitrogen and oxygen atoms in total. The molecule has 1 rings (SSSR count). The molecule has 0 atom stereocenters. The first-order valence-electron chi connectivity index (χ1n) is 5.35. The van der Waals surface area contributed by atoms with Gasteiger partial charge in [0.2, 0.25) is 0 Å². The predicted molar refractivity (Wildman–Crippen MR) is 68.5 cm³/mol. The molecule has 8 heteroatoms. The van der Waals surface area contributed by atoms with Crippen molar-refractivity contribution in [1.29, 1.82) is 0 Å². The van der Waals surface area contributed by atoms with Gasteiger partial charge in [-0.3, -0.25) is 20.2 Å².